The molecule has 1 heterocycles. The van der Waals surface area contributed by atoms with E-state index in [-0.39, 0.29) is 0 Å². The van der Waals surface area contributed by atoms with Gasteiger partial charge in [0.2, 0.25) is 0 Å². The van der Waals surface area contributed by atoms with Crippen LogP contribution in [0, 0.1) is 6.92 Å². The van der Waals surface area contributed by atoms with Crippen molar-refractivity contribution >= 4 is 0 Å². The summed E-state index contributed by atoms with van der Waals surface area (Å²) >= 11 is 0. The Morgan fingerprint density at radius 3 is 2.53 bits per heavy atom. The number of nitrogens with one attached hydrogen (secondary N) is 1. The molecule has 0 amide bonds. The van der Waals surface area contributed by atoms with Crippen LogP contribution in [0.2, 0.25) is 0 Å². The first-order chi connectivity index (χ1) is 9.22. The molecule has 0 saturated heterocycles. The molecule has 0 bridgehead atoms. The Bertz CT molecular complexity index is 499. The lowest BCUT2D eigenvalue weighted by atomic mass is 10.0. The highest BCUT2D eigenvalue weighted by molar-refractivity contribution is 5.25. The molecule has 1 N–H and O–H groups in total. The molecule has 0 fully saturated rings. The fourth-order valence-electron chi connectivity index (χ4n) is 2.32. The van der Waals surface area contributed by atoms with Gasteiger partial charge < -0.3 is 5.32 Å². The molecule has 0 saturated carbocycles. The summed E-state index contributed by atoms with van der Waals surface area (Å²) < 4.78 is 2.00. The summed E-state index contributed by atoms with van der Waals surface area (Å²) in [6.45, 7) is 5.14. The summed E-state index contributed by atoms with van der Waals surface area (Å²) in [5, 5.41) is 7.72. The van der Waals surface area contributed by atoms with Crippen molar-refractivity contribution < 1.29 is 0 Å². The summed E-state index contributed by atoms with van der Waals surface area (Å²) in [7, 11) is 2.00. The van der Waals surface area contributed by atoms with Gasteiger partial charge in [0.05, 0.1) is 18.8 Å². The number of nitrogens with zero attached hydrogens (tertiary/aromatic N) is 2. The first kappa shape index (κ1) is 13.8. The van der Waals surface area contributed by atoms with Gasteiger partial charge in [-0.2, -0.15) is 5.10 Å². The highest BCUT2D eigenvalue weighted by atomic mass is 15.3. The van der Waals surface area contributed by atoms with E-state index in [1.807, 2.05) is 17.9 Å². The van der Waals surface area contributed by atoms with Gasteiger partial charge in [0.25, 0.3) is 0 Å². The molecule has 1 atom stereocenters. The Morgan fingerprint density at radius 1 is 1.26 bits per heavy atom. The van der Waals surface area contributed by atoms with Crippen LogP contribution >= 0.6 is 0 Å². The third-order valence-electron chi connectivity index (χ3n) is 3.40. The fourth-order valence-corrected chi connectivity index (χ4v) is 2.32. The number of rotatable bonds is 6. The van der Waals surface area contributed by atoms with Crippen molar-refractivity contribution in [3.8, 4) is 0 Å². The van der Waals surface area contributed by atoms with Crippen molar-refractivity contribution in [2.24, 2.45) is 0 Å². The SMILES string of the molecule is CCCc1ccc(C(Cn2cc(C)cn2)NC)cc1. The molecule has 0 radical (unpaired) electrons. The second-order valence-electron chi connectivity index (χ2n) is 5.07. The van der Waals surface area contributed by atoms with E-state index in [9.17, 15) is 0 Å². The van der Waals surface area contributed by atoms with E-state index in [2.05, 4.69) is 54.7 Å². The van der Waals surface area contributed by atoms with Gasteiger partial charge in [0, 0.05) is 6.20 Å². The van der Waals surface area contributed by atoms with Gasteiger partial charge >= 0.3 is 0 Å². The summed E-state index contributed by atoms with van der Waals surface area (Å²) in [6, 6.07) is 9.22. The zero-order chi connectivity index (χ0) is 13.7. The van der Waals surface area contributed by atoms with Crippen LogP contribution in [0.1, 0.15) is 36.1 Å². The number of hydrogen-bond acceptors (Lipinski definition) is 2. The van der Waals surface area contributed by atoms with Crippen LogP contribution in [-0.4, -0.2) is 16.8 Å². The van der Waals surface area contributed by atoms with Gasteiger partial charge in [0.15, 0.2) is 0 Å². The van der Waals surface area contributed by atoms with E-state index >= 15 is 0 Å². The van der Waals surface area contributed by atoms with Crippen LogP contribution in [0.3, 0.4) is 0 Å². The zero-order valence-corrected chi connectivity index (χ0v) is 12.1. The molecule has 3 heteroatoms. The normalized spacial score (nSPS) is 12.6. The molecule has 0 spiro atoms. The van der Waals surface area contributed by atoms with E-state index in [1.54, 1.807) is 0 Å². The summed E-state index contributed by atoms with van der Waals surface area (Å²) in [5.41, 5.74) is 3.93. The average molecular weight is 257 g/mol. The van der Waals surface area contributed by atoms with Crippen LogP contribution in [0.25, 0.3) is 0 Å². The lowest BCUT2D eigenvalue weighted by Crippen LogP contribution is -2.22. The Morgan fingerprint density at radius 2 is 2.00 bits per heavy atom. The number of hydrogen-bond donors (Lipinski definition) is 1. The van der Waals surface area contributed by atoms with E-state index in [0.717, 1.165) is 13.0 Å². The van der Waals surface area contributed by atoms with Crippen LogP contribution in [-0.2, 0) is 13.0 Å². The molecule has 102 valence electrons. The molecule has 2 rings (SSSR count). The molecule has 3 nitrogen and oxygen atoms in total. The molecular weight excluding hydrogens is 234 g/mol. The predicted octanol–water partition coefficient (Wildman–Crippen LogP) is 3.10. The van der Waals surface area contributed by atoms with Gasteiger partial charge in [-0.1, -0.05) is 37.6 Å². The lowest BCUT2D eigenvalue weighted by Gasteiger charge is -2.17. The zero-order valence-electron chi connectivity index (χ0n) is 12.1. The third-order valence-corrected chi connectivity index (χ3v) is 3.40. The monoisotopic (exact) mass is 257 g/mol. The maximum Gasteiger partial charge on any atom is 0.0604 e. The standard InChI is InChI=1S/C16H23N3/c1-4-5-14-6-8-15(9-7-14)16(17-3)12-19-11-13(2)10-18-19/h6-11,16-17H,4-5,12H2,1-3H3. The quantitative estimate of drug-likeness (QED) is 0.861. The van der Waals surface area contributed by atoms with Crippen molar-refractivity contribution in [3.63, 3.8) is 0 Å². The second kappa shape index (κ2) is 6.53. The number of likely N-dealkylation sites (N-methyl/N-ethyl adjacent to an activating group) is 1. The highest BCUT2D eigenvalue weighted by Crippen LogP contribution is 2.16. The third kappa shape index (κ3) is 3.67. The molecule has 0 aliphatic heterocycles. The predicted molar refractivity (Wildman–Crippen MR) is 79.2 cm³/mol. The van der Waals surface area contributed by atoms with Crippen LogP contribution in [0.5, 0.6) is 0 Å². The van der Waals surface area contributed by atoms with E-state index < -0.39 is 0 Å². The smallest absolute Gasteiger partial charge is 0.0604 e. The summed E-state index contributed by atoms with van der Waals surface area (Å²) in [5.74, 6) is 0. The summed E-state index contributed by atoms with van der Waals surface area (Å²) in [6.07, 6.45) is 6.33. The average Bonchev–Trinajstić information content (AvgIpc) is 2.83. The molecule has 0 aliphatic carbocycles. The first-order valence-corrected chi connectivity index (χ1v) is 6.98. The minimum Gasteiger partial charge on any atom is -0.311 e. The Labute approximate surface area is 115 Å². The molecule has 1 aromatic carbocycles. The summed E-state index contributed by atoms with van der Waals surface area (Å²) in [4.78, 5) is 0. The molecule has 1 unspecified atom stereocenters. The molecular formula is C16H23N3. The van der Waals surface area contributed by atoms with Crippen LogP contribution in [0.4, 0.5) is 0 Å². The maximum atomic E-state index is 4.35. The van der Waals surface area contributed by atoms with Gasteiger partial charge in [-0.05, 0) is 37.1 Å². The molecule has 0 aliphatic rings. The minimum atomic E-state index is 0.301. The lowest BCUT2D eigenvalue weighted by molar-refractivity contribution is 0.468. The fraction of sp³-hybridized carbons (Fsp3) is 0.438. The van der Waals surface area contributed by atoms with Crippen molar-refractivity contribution in [2.75, 3.05) is 7.05 Å². The van der Waals surface area contributed by atoms with Gasteiger partial charge in [-0.3, -0.25) is 4.68 Å². The van der Waals surface area contributed by atoms with Crippen LogP contribution in [0.15, 0.2) is 36.7 Å². The van der Waals surface area contributed by atoms with Gasteiger partial charge in [-0.25, -0.2) is 0 Å². The van der Waals surface area contributed by atoms with E-state index in [0.29, 0.717) is 6.04 Å². The van der Waals surface area contributed by atoms with Crippen molar-refractivity contribution in [3.05, 3.63) is 53.3 Å². The van der Waals surface area contributed by atoms with Crippen LogP contribution < -0.4 is 5.32 Å². The van der Waals surface area contributed by atoms with Crippen molar-refractivity contribution in [1.29, 1.82) is 0 Å². The number of aryl methyl sites for hydroxylation is 2. The Kier molecular flexibility index (Phi) is 4.74. The topological polar surface area (TPSA) is 29.9 Å². The molecule has 19 heavy (non-hydrogen) atoms. The van der Waals surface area contributed by atoms with E-state index in [1.165, 1.54) is 23.1 Å². The first-order valence-electron chi connectivity index (χ1n) is 6.98. The molecule has 2 aromatic rings. The van der Waals surface area contributed by atoms with Crippen molar-refractivity contribution in [1.82, 2.24) is 15.1 Å². The Hall–Kier alpha value is -1.61. The second-order valence-corrected chi connectivity index (χ2v) is 5.07. The van der Waals surface area contributed by atoms with Gasteiger partial charge in [0.1, 0.15) is 0 Å². The van der Waals surface area contributed by atoms with Gasteiger partial charge in [-0.15, -0.1) is 0 Å². The minimum absolute atomic E-state index is 0.301. The molecule has 1 aromatic heterocycles. The Balaban J connectivity index is 2.08. The maximum absolute atomic E-state index is 4.35. The van der Waals surface area contributed by atoms with Crippen molar-refractivity contribution in [2.45, 2.75) is 39.3 Å². The number of aromatic nitrogens is 2. The highest BCUT2D eigenvalue weighted by Gasteiger charge is 2.10. The van der Waals surface area contributed by atoms with E-state index in [4.69, 9.17) is 0 Å². The largest absolute Gasteiger partial charge is 0.311 e. The number of benzene rings is 1.